The van der Waals surface area contributed by atoms with Gasteiger partial charge in [0.05, 0.1) is 11.0 Å². The lowest BCUT2D eigenvalue weighted by atomic mass is 10.2. The van der Waals surface area contributed by atoms with Gasteiger partial charge >= 0.3 is 0 Å². The van der Waals surface area contributed by atoms with Crippen molar-refractivity contribution in [2.24, 2.45) is 0 Å². The number of carbonyl (C=O) groups is 2. The number of hydrogen-bond donors (Lipinski definition) is 1. The van der Waals surface area contributed by atoms with E-state index in [2.05, 4.69) is 5.32 Å². The highest BCUT2D eigenvalue weighted by Gasteiger charge is 2.30. The number of hydrogen-bond acceptors (Lipinski definition) is 5. The lowest BCUT2D eigenvalue weighted by Gasteiger charge is -2.34. The van der Waals surface area contributed by atoms with Crippen LogP contribution in [-0.2, 0) is 24.3 Å². The van der Waals surface area contributed by atoms with Crippen LogP contribution in [-0.4, -0.2) is 74.9 Å². The minimum Gasteiger partial charge on any atom is -0.376 e. The first-order chi connectivity index (χ1) is 13.9. The van der Waals surface area contributed by atoms with Crippen molar-refractivity contribution in [1.82, 2.24) is 14.5 Å². The molecule has 2 saturated heterocycles. The summed E-state index contributed by atoms with van der Waals surface area (Å²) in [7, 11) is -3.61. The van der Waals surface area contributed by atoms with E-state index in [0.717, 1.165) is 19.4 Å². The van der Waals surface area contributed by atoms with E-state index in [1.54, 1.807) is 4.90 Å². The van der Waals surface area contributed by atoms with Crippen LogP contribution in [0.1, 0.15) is 25.7 Å². The number of nitrogens with zero attached hydrogens (tertiary/aromatic N) is 2. The van der Waals surface area contributed by atoms with Gasteiger partial charge in [-0.25, -0.2) is 8.42 Å². The average Bonchev–Trinajstić information content (AvgIpc) is 3.24. The van der Waals surface area contributed by atoms with Gasteiger partial charge in [-0.15, -0.1) is 0 Å². The Kier molecular flexibility index (Phi) is 7.50. The number of carbonyl (C=O) groups excluding carboxylic acids is 2. The third-order valence-corrected chi connectivity index (χ3v) is 7.32. The number of ether oxygens (including phenoxy) is 1. The standard InChI is InChI=1S/C19H26ClN3O5S/c20-15-3-5-17(6-4-15)29(26,27)23-11-9-22(10-12-23)19(25)8-7-18(24)21-14-16-2-1-13-28-16/h3-6,16H,1-2,7-14H2,(H,21,24). The molecular weight excluding hydrogens is 418 g/mol. The summed E-state index contributed by atoms with van der Waals surface area (Å²) < 4.78 is 32.2. The molecule has 0 radical (unpaired) electrons. The third-order valence-electron chi connectivity index (χ3n) is 5.16. The quantitative estimate of drug-likeness (QED) is 0.684. The monoisotopic (exact) mass is 443 g/mol. The second-order valence-corrected chi connectivity index (χ2v) is 9.55. The summed E-state index contributed by atoms with van der Waals surface area (Å²) in [6.45, 7) is 2.28. The van der Waals surface area contributed by atoms with Crippen molar-refractivity contribution in [3.05, 3.63) is 29.3 Å². The molecule has 3 rings (SSSR count). The first-order valence-electron chi connectivity index (χ1n) is 9.78. The van der Waals surface area contributed by atoms with Gasteiger partial charge in [0.1, 0.15) is 0 Å². The topological polar surface area (TPSA) is 96.0 Å². The van der Waals surface area contributed by atoms with Crippen LogP contribution >= 0.6 is 11.6 Å². The average molecular weight is 444 g/mol. The highest BCUT2D eigenvalue weighted by Crippen LogP contribution is 2.20. The molecule has 1 aromatic carbocycles. The maximum Gasteiger partial charge on any atom is 0.243 e. The molecule has 10 heteroatoms. The minimum atomic E-state index is -3.61. The van der Waals surface area contributed by atoms with Crippen LogP contribution in [0.3, 0.4) is 0 Å². The number of benzene rings is 1. The summed E-state index contributed by atoms with van der Waals surface area (Å²) in [5, 5.41) is 3.27. The third kappa shape index (κ3) is 5.91. The van der Waals surface area contributed by atoms with Crippen molar-refractivity contribution in [2.45, 2.75) is 36.7 Å². The van der Waals surface area contributed by atoms with Gasteiger partial charge in [0.2, 0.25) is 21.8 Å². The molecule has 1 aromatic rings. The highest BCUT2D eigenvalue weighted by molar-refractivity contribution is 7.89. The Morgan fingerprint density at radius 1 is 1.10 bits per heavy atom. The normalized spacial score (nSPS) is 20.6. The summed E-state index contributed by atoms with van der Waals surface area (Å²) in [6.07, 6.45) is 2.27. The zero-order valence-corrected chi connectivity index (χ0v) is 17.8. The van der Waals surface area contributed by atoms with Gasteiger partial charge in [-0.1, -0.05) is 11.6 Å². The predicted molar refractivity (Wildman–Crippen MR) is 108 cm³/mol. The Balaban J connectivity index is 1.42. The van der Waals surface area contributed by atoms with Crippen molar-refractivity contribution >= 4 is 33.4 Å². The van der Waals surface area contributed by atoms with Crippen molar-refractivity contribution in [2.75, 3.05) is 39.3 Å². The summed E-state index contributed by atoms with van der Waals surface area (Å²) in [5.41, 5.74) is 0. The number of halogens is 1. The molecule has 0 aromatic heterocycles. The molecule has 0 bridgehead atoms. The molecular formula is C19H26ClN3O5S. The van der Waals surface area contributed by atoms with E-state index in [9.17, 15) is 18.0 Å². The van der Waals surface area contributed by atoms with Crippen LogP contribution < -0.4 is 5.32 Å². The molecule has 8 nitrogen and oxygen atoms in total. The van der Waals surface area contributed by atoms with Gasteiger partial charge in [-0.05, 0) is 37.1 Å². The van der Waals surface area contributed by atoms with Crippen LogP contribution in [0.15, 0.2) is 29.2 Å². The summed E-state index contributed by atoms with van der Waals surface area (Å²) in [4.78, 5) is 26.1. The molecule has 2 aliphatic heterocycles. The molecule has 29 heavy (non-hydrogen) atoms. The minimum absolute atomic E-state index is 0.0744. The fourth-order valence-electron chi connectivity index (χ4n) is 3.43. The first kappa shape index (κ1) is 22.0. The Morgan fingerprint density at radius 3 is 2.41 bits per heavy atom. The van der Waals surface area contributed by atoms with E-state index in [0.29, 0.717) is 24.7 Å². The Hall–Kier alpha value is -1.68. The smallest absolute Gasteiger partial charge is 0.243 e. The van der Waals surface area contributed by atoms with Crippen molar-refractivity contribution in [3.8, 4) is 0 Å². The van der Waals surface area contributed by atoms with E-state index >= 15 is 0 Å². The van der Waals surface area contributed by atoms with Gasteiger partial charge in [0, 0.05) is 57.2 Å². The van der Waals surface area contributed by atoms with Crippen molar-refractivity contribution in [1.29, 1.82) is 0 Å². The van der Waals surface area contributed by atoms with Crippen LogP contribution in [0.2, 0.25) is 5.02 Å². The Labute approximate surface area is 176 Å². The Morgan fingerprint density at radius 2 is 1.79 bits per heavy atom. The van der Waals surface area contributed by atoms with Gasteiger partial charge in [0.25, 0.3) is 0 Å². The lowest BCUT2D eigenvalue weighted by Crippen LogP contribution is -2.50. The number of sulfonamides is 1. The molecule has 2 aliphatic rings. The molecule has 160 valence electrons. The molecule has 0 spiro atoms. The van der Waals surface area contributed by atoms with E-state index in [-0.39, 0.29) is 48.7 Å². The number of piperazine rings is 1. The van der Waals surface area contributed by atoms with Gasteiger partial charge in [0.15, 0.2) is 0 Å². The molecule has 0 saturated carbocycles. The zero-order valence-electron chi connectivity index (χ0n) is 16.2. The van der Waals surface area contributed by atoms with E-state index in [1.165, 1.54) is 28.6 Å². The van der Waals surface area contributed by atoms with Crippen molar-refractivity contribution in [3.63, 3.8) is 0 Å². The van der Waals surface area contributed by atoms with E-state index in [4.69, 9.17) is 16.3 Å². The number of amides is 2. The predicted octanol–water partition coefficient (Wildman–Crippen LogP) is 1.25. The van der Waals surface area contributed by atoms with Crippen LogP contribution in [0.25, 0.3) is 0 Å². The SMILES string of the molecule is O=C(CCC(=O)N1CCN(S(=O)(=O)c2ccc(Cl)cc2)CC1)NCC1CCCO1. The fraction of sp³-hybridized carbons (Fsp3) is 0.579. The summed E-state index contributed by atoms with van der Waals surface area (Å²) in [5.74, 6) is -0.307. The molecule has 0 aliphatic carbocycles. The number of rotatable bonds is 7. The van der Waals surface area contributed by atoms with E-state index in [1.807, 2.05) is 0 Å². The van der Waals surface area contributed by atoms with Gasteiger partial charge in [-0.2, -0.15) is 4.31 Å². The maximum absolute atomic E-state index is 12.7. The second-order valence-electron chi connectivity index (χ2n) is 7.18. The zero-order chi connectivity index (χ0) is 20.9. The summed E-state index contributed by atoms with van der Waals surface area (Å²) in [6, 6.07) is 6.03. The van der Waals surface area contributed by atoms with Gasteiger partial charge in [-0.3, -0.25) is 9.59 Å². The van der Waals surface area contributed by atoms with Crippen LogP contribution in [0.5, 0.6) is 0 Å². The van der Waals surface area contributed by atoms with E-state index < -0.39 is 10.0 Å². The largest absolute Gasteiger partial charge is 0.376 e. The summed E-state index contributed by atoms with van der Waals surface area (Å²) >= 11 is 5.82. The molecule has 1 N–H and O–H groups in total. The molecule has 1 unspecified atom stereocenters. The maximum atomic E-state index is 12.7. The lowest BCUT2D eigenvalue weighted by molar-refractivity contribution is -0.134. The number of nitrogens with one attached hydrogen (secondary N) is 1. The highest BCUT2D eigenvalue weighted by atomic mass is 35.5. The molecule has 2 heterocycles. The second kappa shape index (κ2) is 9.88. The molecule has 2 amide bonds. The Bertz CT molecular complexity index is 817. The van der Waals surface area contributed by atoms with Crippen molar-refractivity contribution < 1.29 is 22.7 Å². The van der Waals surface area contributed by atoms with Crippen LogP contribution in [0, 0.1) is 0 Å². The molecule has 2 fully saturated rings. The molecule has 1 atom stereocenters. The fourth-order valence-corrected chi connectivity index (χ4v) is 4.98. The van der Waals surface area contributed by atoms with Crippen LogP contribution in [0.4, 0.5) is 0 Å². The van der Waals surface area contributed by atoms with Gasteiger partial charge < -0.3 is 15.0 Å². The first-order valence-corrected chi connectivity index (χ1v) is 11.6.